The fraction of sp³-hybridized carbons (Fsp3) is 0.316. The molecule has 0 saturated carbocycles. The van der Waals surface area contributed by atoms with Gasteiger partial charge in [-0.05, 0) is 37.4 Å². The van der Waals surface area contributed by atoms with Crippen LogP contribution in [0.2, 0.25) is 0 Å². The van der Waals surface area contributed by atoms with E-state index in [1.807, 2.05) is 12.1 Å². The molecule has 3 rings (SSSR count). The molecule has 0 aromatic carbocycles. The Morgan fingerprint density at radius 3 is 2.67 bits per heavy atom. The number of furan rings is 1. The molecule has 0 atom stereocenters. The summed E-state index contributed by atoms with van der Waals surface area (Å²) in [6.45, 7) is 6.79. The predicted molar refractivity (Wildman–Crippen MR) is 104 cm³/mol. The number of nitrogens with one attached hydrogen (secondary N) is 1. The van der Waals surface area contributed by atoms with Gasteiger partial charge in [-0.2, -0.15) is 0 Å². The third-order valence-corrected chi connectivity index (χ3v) is 5.33. The number of esters is 1. The third kappa shape index (κ3) is 4.01. The number of fused-ring (bicyclic) bond motifs is 1. The average molecular weight is 387 g/mol. The summed E-state index contributed by atoms with van der Waals surface area (Å²) in [5.41, 5.74) is 1.30. The second kappa shape index (κ2) is 8.32. The van der Waals surface area contributed by atoms with E-state index in [1.165, 1.54) is 24.7 Å². The minimum absolute atomic E-state index is 0.163. The third-order valence-electron chi connectivity index (χ3n) is 4.25. The highest BCUT2D eigenvalue weighted by atomic mass is 32.1. The van der Waals surface area contributed by atoms with Crippen molar-refractivity contribution in [1.82, 2.24) is 9.88 Å². The van der Waals surface area contributed by atoms with Gasteiger partial charge in [-0.1, -0.05) is 13.8 Å². The van der Waals surface area contributed by atoms with Crippen LogP contribution < -0.4 is 5.32 Å². The molecule has 7 nitrogen and oxygen atoms in total. The van der Waals surface area contributed by atoms with Crippen LogP contribution in [0, 0.1) is 0 Å². The molecule has 142 valence electrons. The number of hydrogen-bond donors (Lipinski definition) is 1. The number of pyridine rings is 1. The normalized spacial score (nSPS) is 11.1. The van der Waals surface area contributed by atoms with E-state index in [1.54, 1.807) is 12.1 Å². The number of methoxy groups -OCH3 is 1. The summed E-state index contributed by atoms with van der Waals surface area (Å²) >= 11 is 1.20. The molecule has 0 saturated heterocycles. The predicted octanol–water partition coefficient (Wildman–Crippen LogP) is 3.77. The summed E-state index contributed by atoms with van der Waals surface area (Å²) in [6, 6.07) is 6.98. The van der Waals surface area contributed by atoms with Crippen LogP contribution in [0.3, 0.4) is 0 Å². The molecule has 0 aliphatic rings. The van der Waals surface area contributed by atoms with Crippen LogP contribution in [0.1, 0.15) is 39.8 Å². The van der Waals surface area contributed by atoms with E-state index in [2.05, 4.69) is 29.0 Å². The Balaban J connectivity index is 1.99. The van der Waals surface area contributed by atoms with Gasteiger partial charge in [0.15, 0.2) is 5.76 Å². The van der Waals surface area contributed by atoms with E-state index in [0.717, 1.165) is 25.3 Å². The highest BCUT2D eigenvalue weighted by Crippen LogP contribution is 2.36. The Kier molecular flexibility index (Phi) is 5.88. The molecule has 8 heteroatoms. The second-order valence-corrected chi connectivity index (χ2v) is 6.84. The van der Waals surface area contributed by atoms with Gasteiger partial charge in [0.05, 0.1) is 24.8 Å². The van der Waals surface area contributed by atoms with Crippen molar-refractivity contribution in [2.45, 2.75) is 20.4 Å². The van der Waals surface area contributed by atoms with E-state index in [-0.39, 0.29) is 5.76 Å². The minimum atomic E-state index is -0.516. The fourth-order valence-electron chi connectivity index (χ4n) is 2.72. The lowest BCUT2D eigenvalue weighted by Gasteiger charge is -2.17. The Labute approximate surface area is 160 Å². The Hall–Kier alpha value is -2.71. The van der Waals surface area contributed by atoms with Crippen LogP contribution in [0.4, 0.5) is 5.69 Å². The second-order valence-electron chi connectivity index (χ2n) is 5.85. The molecule has 0 fully saturated rings. The summed E-state index contributed by atoms with van der Waals surface area (Å²) < 4.78 is 9.99. The van der Waals surface area contributed by atoms with Gasteiger partial charge < -0.3 is 14.5 Å². The summed E-state index contributed by atoms with van der Waals surface area (Å²) in [5, 5.41) is 3.46. The van der Waals surface area contributed by atoms with Crippen molar-refractivity contribution >= 4 is 39.1 Å². The van der Waals surface area contributed by atoms with Gasteiger partial charge in [0.2, 0.25) is 0 Å². The lowest BCUT2D eigenvalue weighted by atomic mass is 10.2. The number of rotatable bonds is 7. The van der Waals surface area contributed by atoms with Crippen molar-refractivity contribution in [2.24, 2.45) is 0 Å². The highest BCUT2D eigenvalue weighted by Gasteiger charge is 2.23. The molecule has 0 aliphatic carbocycles. The number of hydrogen-bond acceptors (Lipinski definition) is 7. The van der Waals surface area contributed by atoms with Crippen molar-refractivity contribution in [3.8, 4) is 0 Å². The zero-order valence-electron chi connectivity index (χ0n) is 15.4. The molecular formula is C19H21N3O4S. The number of anilines is 1. The molecule has 27 heavy (non-hydrogen) atoms. The average Bonchev–Trinajstić information content (AvgIpc) is 3.34. The molecule has 0 spiro atoms. The zero-order valence-corrected chi connectivity index (χ0v) is 16.3. The first kappa shape index (κ1) is 19.1. The monoisotopic (exact) mass is 387 g/mol. The van der Waals surface area contributed by atoms with Crippen LogP contribution in [0.15, 0.2) is 34.9 Å². The minimum Gasteiger partial charge on any atom is -0.465 e. The zero-order chi connectivity index (χ0) is 19.4. The molecule has 0 bridgehead atoms. The van der Waals surface area contributed by atoms with Crippen LogP contribution in [0.5, 0.6) is 0 Å². The van der Waals surface area contributed by atoms with Crippen LogP contribution >= 0.6 is 11.3 Å². The first-order chi connectivity index (χ1) is 13.1. The van der Waals surface area contributed by atoms with Crippen molar-refractivity contribution in [3.63, 3.8) is 0 Å². The van der Waals surface area contributed by atoms with Crippen LogP contribution in [-0.2, 0) is 11.3 Å². The largest absolute Gasteiger partial charge is 0.465 e. The number of carbonyl (C=O) groups is 2. The molecule has 0 unspecified atom stereocenters. The smallest absolute Gasteiger partial charge is 0.350 e. The molecule has 0 aliphatic heterocycles. The van der Waals surface area contributed by atoms with Crippen molar-refractivity contribution in [2.75, 3.05) is 25.5 Å². The summed E-state index contributed by atoms with van der Waals surface area (Å²) in [4.78, 5) is 32.5. The number of ether oxygens (including phenoxy) is 1. The van der Waals surface area contributed by atoms with E-state index in [0.29, 0.717) is 20.8 Å². The van der Waals surface area contributed by atoms with Crippen molar-refractivity contribution in [1.29, 1.82) is 0 Å². The maximum Gasteiger partial charge on any atom is 0.350 e. The highest BCUT2D eigenvalue weighted by molar-refractivity contribution is 7.21. The number of carbonyl (C=O) groups excluding carboxylic acids is 2. The van der Waals surface area contributed by atoms with Gasteiger partial charge in [-0.3, -0.25) is 9.69 Å². The first-order valence-electron chi connectivity index (χ1n) is 8.65. The summed E-state index contributed by atoms with van der Waals surface area (Å²) in [5.74, 6) is -0.786. The standard InChI is InChI=1S/C19H21N3O4S/c1-4-22(5-2)11-12-8-9-13-15(21-17(23)14-7-6-10-26-14)16(19(24)25-3)27-18(13)20-12/h6-10H,4-5,11H2,1-3H3,(H,21,23). The summed E-state index contributed by atoms with van der Waals surface area (Å²) in [7, 11) is 1.31. The fourth-order valence-corrected chi connectivity index (χ4v) is 3.79. The van der Waals surface area contributed by atoms with E-state index < -0.39 is 11.9 Å². The van der Waals surface area contributed by atoms with Gasteiger partial charge in [0.1, 0.15) is 9.71 Å². The first-order valence-corrected chi connectivity index (χ1v) is 9.46. The van der Waals surface area contributed by atoms with Gasteiger partial charge in [-0.25, -0.2) is 9.78 Å². The molecular weight excluding hydrogens is 366 g/mol. The van der Waals surface area contributed by atoms with Crippen LogP contribution in [-0.4, -0.2) is 42.0 Å². The Bertz CT molecular complexity index is 945. The molecule has 1 amide bonds. The SMILES string of the molecule is CCN(CC)Cc1ccc2c(NC(=O)c3ccco3)c(C(=O)OC)sc2n1. The summed E-state index contributed by atoms with van der Waals surface area (Å²) in [6.07, 6.45) is 1.42. The quantitative estimate of drug-likeness (QED) is 0.621. The number of amides is 1. The molecule has 1 N–H and O–H groups in total. The van der Waals surface area contributed by atoms with Crippen LogP contribution in [0.25, 0.3) is 10.2 Å². The Morgan fingerprint density at radius 1 is 1.26 bits per heavy atom. The lowest BCUT2D eigenvalue weighted by Crippen LogP contribution is -2.22. The number of aromatic nitrogens is 1. The van der Waals surface area contributed by atoms with Gasteiger partial charge in [-0.15, -0.1) is 11.3 Å². The van der Waals surface area contributed by atoms with Gasteiger partial charge in [0.25, 0.3) is 5.91 Å². The molecule has 3 aromatic rings. The van der Waals surface area contributed by atoms with Crippen molar-refractivity contribution in [3.05, 3.63) is 46.9 Å². The molecule has 3 heterocycles. The maximum absolute atomic E-state index is 12.4. The maximum atomic E-state index is 12.4. The topological polar surface area (TPSA) is 84.7 Å². The molecule has 0 radical (unpaired) electrons. The van der Waals surface area contributed by atoms with E-state index in [9.17, 15) is 9.59 Å². The van der Waals surface area contributed by atoms with E-state index in [4.69, 9.17) is 9.15 Å². The van der Waals surface area contributed by atoms with Gasteiger partial charge >= 0.3 is 5.97 Å². The lowest BCUT2D eigenvalue weighted by molar-refractivity contribution is 0.0607. The van der Waals surface area contributed by atoms with Gasteiger partial charge in [0, 0.05) is 11.9 Å². The van der Waals surface area contributed by atoms with Crippen molar-refractivity contribution < 1.29 is 18.7 Å². The molecule has 3 aromatic heterocycles. The number of thiophene rings is 1. The number of nitrogens with zero attached hydrogens (tertiary/aromatic N) is 2. The van der Waals surface area contributed by atoms with E-state index >= 15 is 0 Å². The Morgan fingerprint density at radius 2 is 2.04 bits per heavy atom.